The van der Waals surface area contributed by atoms with E-state index in [2.05, 4.69) is 141 Å². The molecule has 0 radical (unpaired) electrons. The second-order valence-electron chi connectivity index (χ2n) is 28.9. The number of esters is 1. The van der Waals surface area contributed by atoms with Crippen LogP contribution in [-0.2, 0) is 73.6 Å². The molecule has 0 bridgehead atoms. The molecule has 4 heterocycles. The van der Waals surface area contributed by atoms with Gasteiger partial charge in [-0.05, 0) is 260 Å². The molecule has 0 aliphatic carbocycles. The molecule has 22 heteroatoms. The highest BCUT2D eigenvalue weighted by Crippen LogP contribution is 2.36. The van der Waals surface area contributed by atoms with Crippen LogP contribution in [0.2, 0.25) is 6.04 Å². The number of ether oxygens (including phenoxy) is 3. The molecule has 11 rings (SSSR count). The monoisotopic (exact) mass is 1540 g/mol. The number of rotatable bonds is 37. The summed E-state index contributed by atoms with van der Waals surface area (Å²) >= 11 is 0. The normalized spacial score (nSPS) is 11.6. The highest BCUT2D eigenvalue weighted by atomic mass is 28.4. The maximum Gasteiger partial charge on any atom is 0.500 e. The molecule has 7 aromatic carbocycles. The SMILES string of the molecule is CCO[Si](CCCNC(=O)CCC(=O)OCc1cc(COc2cc(CN(CC)c3cc4oc(=O)cc(C)c4cc3C)cc(CN(CC)c3cc4oc(=O)cc(C)c4cc3C)c2)cc(COc2cc(CN(CC)c3cc4oc(=O)cc(C)c4cc3C)cc(CN(CC)c3cc4oc(=O)cc(C)c4cc3C)c2)c1)(OCC)OCC. The number of nitrogens with one attached hydrogen (secondary N) is 1. The zero-order valence-corrected chi connectivity index (χ0v) is 68.4. The van der Waals surface area contributed by atoms with E-state index in [-0.39, 0.29) is 38.6 Å². The van der Waals surface area contributed by atoms with E-state index in [0.29, 0.717) is 131 Å². The fourth-order valence-corrected chi connectivity index (χ4v) is 17.7. The van der Waals surface area contributed by atoms with Gasteiger partial charge in [-0.1, -0.05) is 12.1 Å². The van der Waals surface area contributed by atoms with Crippen molar-refractivity contribution in [2.45, 2.75) is 175 Å². The Morgan fingerprint density at radius 1 is 0.357 bits per heavy atom. The van der Waals surface area contributed by atoms with Gasteiger partial charge in [-0.15, -0.1) is 0 Å². The molecule has 1 amide bonds. The number of benzene rings is 7. The van der Waals surface area contributed by atoms with Gasteiger partial charge in [0.05, 0.1) is 6.42 Å². The van der Waals surface area contributed by atoms with Crippen LogP contribution < -0.4 is 56.9 Å². The van der Waals surface area contributed by atoms with Crippen molar-refractivity contribution in [3.63, 3.8) is 0 Å². The number of hydrogen-bond donors (Lipinski definition) is 1. The molecule has 0 atom stereocenters. The summed E-state index contributed by atoms with van der Waals surface area (Å²) in [6, 6.07) is 41.2. The molecule has 0 spiro atoms. The number of hydrogen-bond acceptors (Lipinski definition) is 20. The maximum atomic E-state index is 13.7. The number of aryl methyl sites for hydroxylation is 8. The summed E-state index contributed by atoms with van der Waals surface area (Å²) in [4.78, 5) is 86.8. The first-order valence-electron chi connectivity index (χ1n) is 39.0. The van der Waals surface area contributed by atoms with Crippen molar-refractivity contribution in [1.29, 1.82) is 0 Å². The van der Waals surface area contributed by atoms with Crippen molar-refractivity contribution in [2.24, 2.45) is 0 Å². The Morgan fingerprint density at radius 2 is 0.652 bits per heavy atom. The van der Waals surface area contributed by atoms with Gasteiger partial charge in [-0.2, -0.15) is 0 Å². The average Bonchev–Trinajstić information content (AvgIpc) is 0.800. The largest absolute Gasteiger partial charge is 0.500 e. The molecule has 0 aliphatic heterocycles. The Balaban J connectivity index is 0.924. The molecule has 0 fully saturated rings. The number of amides is 1. The molecule has 0 aliphatic rings. The van der Waals surface area contributed by atoms with E-state index in [1.807, 2.05) is 90.9 Å². The molecule has 0 saturated heterocycles. The van der Waals surface area contributed by atoms with Gasteiger partial charge in [0, 0.05) is 184 Å². The standard InChI is InChI=1S/C90H105N5O16Si/c1-16-92(77-45-81-73(28-60(77)12)56(8)32-87(98)108-81)49-64-36-65(50-93(17-2)78-46-82-74(29-61(78)13)57(9)33-88(99)109-82)42-71(41-64)102-53-68-38-69(40-70(39-68)55-104-86(97)25-24-85(96)91-26-23-27-112(105-20-5,106-21-6)107-22-7)54-103-72-43-66(51-94(18-3)79-47-83-75(30-62(79)14)58(10)34-89(100)110-83)37-67(44-72)52-95(19-4)80-48-84-76(31-63(80)15)59(11)35-90(101)111-84/h28-48H,16-27,49-55H2,1-15H3,(H,91,96). The Kier molecular flexibility index (Phi) is 27.2. The summed E-state index contributed by atoms with van der Waals surface area (Å²) in [5.74, 6) is 0.372. The van der Waals surface area contributed by atoms with Crippen molar-refractivity contribution in [3.8, 4) is 11.5 Å². The van der Waals surface area contributed by atoms with Crippen LogP contribution in [0.1, 0.15) is 151 Å². The Morgan fingerprint density at radius 3 is 0.946 bits per heavy atom. The Labute approximate surface area is 655 Å². The minimum atomic E-state index is -2.91. The summed E-state index contributed by atoms with van der Waals surface area (Å²) in [6.45, 7) is 36.2. The van der Waals surface area contributed by atoms with Gasteiger partial charge in [0.25, 0.3) is 0 Å². The second-order valence-corrected chi connectivity index (χ2v) is 31.6. The van der Waals surface area contributed by atoms with Crippen LogP contribution in [0, 0.1) is 55.4 Å². The topological polar surface area (TPSA) is 235 Å². The lowest BCUT2D eigenvalue weighted by atomic mass is 10.0. The first kappa shape index (κ1) is 82.2. The van der Waals surface area contributed by atoms with Gasteiger partial charge < -0.3 is 70.1 Å². The van der Waals surface area contributed by atoms with Crippen molar-refractivity contribution in [3.05, 3.63) is 253 Å². The van der Waals surface area contributed by atoms with Gasteiger partial charge in [0.15, 0.2) is 0 Å². The third-order valence-corrected chi connectivity index (χ3v) is 23.6. The molecular weight excluding hydrogens is 1440 g/mol. The lowest BCUT2D eigenvalue weighted by molar-refractivity contribution is -0.146. The molecule has 590 valence electrons. The van der Waals surface area contributed by atoms with Gasteiger partial charge >= 0.3 is 37.3 Å². The molecule has 21 nitrogen and oxygen atoms in total. The Hall–Kier alpha value is -10.8. The highest BCUT2D eigenvalue weighted by Gasteiger charge is 2.39. The summed E-state index contributed by atoms with van der Waals surface area (Å²) in [7, 11) is -2.91. The fourth-order valence-electron chi connectivity index (χ4n) is 15.0. The van der Waals surface area contributed by atoms with E-state index in [1.54, 1.807) is 0 Å². The van der Waals surface area contributed by atoms with E-state index in [1.165, 1.54) is 24.3 Å². The third kappa shape index (κ3) is 20.3. The maximum absolute atomic E-state index is 13.7. The zero-order valence-electron chi connectivity index (χ0n) is 67.4. The van der Waals surface area contributed by atoms with E-state index >= 15 is 0 Å². The van der Waals surface area contributed by atoms with Crippen LogP contribution in [0.5, 0.6) is 11.5 Å². The third-order valence-electron chi connectivity index (χ3n) is 20.5. The minimum Gasteiger partial charge on any atom is -0.489 e. The minimum absolute atomic E-state index is 0.0739. The quantitative estimate of drug-likeness (QED) is 0.0165. The predicted octanol–water partition coefficient (Wildman–Crippen LogP) is 17.2. The van der Waals surface area contributed by atoms with E-state index in [4.69, 9.17) is 45.2 Å². The summed E-state index contributed by atoms with van der Waals surface area (Å²) in [5.41, 5.74) is 17.6. The number of fused-ring (bicyclic) bond motifs is 4. The smallest absolute Gasteiger partial charge is 0.489 e. The molecule has 0 saturated carbocycles. The summed E-state index contributed by atoms with van der Waals surface area (Å²) < 4.78 is 61.1. The molecule has 4 aromatic heterocycles. The number of anilines is 4. The first-order chi connectivity index (χ1) is 53.8. The number of carbonyl (C=O) groups is 2. The van der Waals surface area contributed by atoms with Gasteiger partial charge in [-0.25, -0.2) is 19.2 Å². The van der Waals surface area contributed by atoms with Crippen LogP contribution in [0.4, 0.5) is 22.7 Å². The van der Waals surface area contributed by atoms with Gasteiger partial charge in [-0.3, -0.25) is 9.59 Å². The van der Waals surface area contributed by atoms with E-state index in [9.17, 15) is 28.8 Å². The predicted molar refractivity (Wildman–Crippen MR) is 445 cm³/mol. The lowest BCUT2D eigenvalue weighted by Crippen LogP contribution is -2.46. The van der Waals surface area contributed by atoms with Crippen LogP contribution in [0.25, 0.3) is 43.9 Å². The highest BCUT2D eigenvalue weighted by molar-refractivity contribution is 6.60. The number of nitrogens with zero attached hydrogens (tertiary/aromatic N) is 4. The summed E-state index contributed by atoms with van der Waals surface area (Å²) in [5, 5.41) is 6.43. The first-order valence-corrected chi connectivity index (χ1v) is 40.9. The van der Waals surface area contributed by atoms with Crippen molar-refractivity contribution in [1.82, 2.24) is 5.32 Å². The van der Waals surface area contributed by atoms with E-state index in [0.717, 1.165) is 122 Å². The Bertz CT molecular complexity index is 4930. The molecule has 0 unspecified atom stereocenters. The molecule has 112 heavy (non-hydrogen) atoms. The molecule has 11 aromatic rings. The van der Waals surface area contributed by atoms with Gasteiger partial charge in [0.1, 0.15) is 53.7 Å². The lowest BCUT2D eigenvalue weighted by Gasteiger charge is -2.28. The van der Waals surface area contributed by atoms with Crippen LogP contribution in [-0.4, -0.2) is 73.2 Å². The van der Waals surface area contributed by atoms with Crippen LogP contribution in [0.3, 0.4) is 0 Å². The van der Waals surface area contributed by atoms with Gasteiger partial charge in [0.2, 0.25) is 5.91 Å². The van der Waals surface area contributed by atoms with Crippen molar-refractivity contribution >= 4 is 87.3 Å². The number of carbonyl (C=O) groups excluding carboxylic acids is 2. The zero-order chi connectivity index (χ0) is 80.1. The fraction of sp³-hybridized carbons (Fsp3) is 0.378. The van der Waals surface area contributed by atoms with Crippen molar-refractivity contribution < 1.29 is 54.7 Å². The second kappa shape index (κ2) is 37.0. The molecular formula is C90H105N5O16Si. The average molecular weight is 1540 g/mol. The van der Waals surface area contributed by atoms with Crippen LogP contribution in [0.15, 0.2) is 164 Å². The van der Waals surface area contributed by atoms with E-state index < -0.39 is 37.3 Å². The van der Waals surface area contributed by atoms with Crippen LogP contribution >= 0.6 is 0 Å². The molecule has 1 N–H and O–H groups in total. The van der Waals surface area contributed by atoms with Crippen molar-refractivity contribution in [2.75, 3.05) is 72.1 Å². The summed E-state index contributed by atoms with van der Waals surface area (Å²) in [6.07, 6.45) is 0.353.